The Hall–Kier alpha value is -2.40. The molecule has 0 aliphatic rings. The van der Waals surface area contributed by atoms with Crippen molar-refractivity contribution < 1.29 is 0 Å². The van der Waals surface area contributed by atoms with Crippen LogP contribution in [0.2, 0.25) is 0 Å². The first-order chi connectivity index (χ1) is 10.3. The predicted molar refractivity (Wildman–Crippen MR) is 87.1 cm³/mol. The standard InChI is InChI=1S/C16H16N4S/c17-15-18-19-16(21-15)20(11-13-7-3-1-4-8-13)12-14-9-5-2-6-10-14/h1-10H,11-12H2,(H2,17,18). The first-order valence-electron chi connectivity index (χ1n) is 6.73. The van der Waals surface area contributed by atoms with Crippen LogP contribution in [0, 0.1) is 0 Å². The fraction of sp³-hybridized carbons (Fsp3) is 0.125. The lowest BCUT2D eigenvalue weighted by atomic mass is 10.2. The molecule has 5 heteroatoms. The van der Waals surface area contributed by atoms with Crippen LogP contribution in [0.3, 0.4) is 0 Å². The third-order valence-electron chi connectivity index (χ3n) is 3.13. The van der Waals surface area contributed by atoms with Gasteiger partial charge in [0.1, 0.15) is 0 Å². The van der Waals surface area contributed by atoms with Crippen molar-refractivity contribution in [2.24, 2.45) is 0 Å². The number of anilines is 2. The van der Waals surface area contributed by atoms with Crippen molar-refractivity contribution in [1.82, 2.24) is 10.2 Å². The first kappa shape index (κ1) is 13.6. The summed E-state index contributed by atoms with van der Waals surface area (Å²) in [5.74, 6) is 0. The number of nitrogens with two attached hydrogens (primary N) is 1. The molecule has 2 N–H and O–H groups in total. The van der Waals surface area contributed by atoms with Gasteiger partial charge in [-0.3, -0.25) is 0 Å². The van der Waals surface area contributed by atoms with E-state index in [2.05, 4.69) is 39.4 Å². The van der Waals surface area contributed by atoms with Crippen LogP contribution in [-0.4, -0.2) is 10.2 Å². The molecular weight excluding hydrogens is 280 g/mol. The Bertz CT molecular complexity index is 640. The molecule has 0 unspecified atom stereocenters. The van der Waals surface area contributed by atoms with Crippen molar-refractivity contribution in [3.8, 4) is 0 Å². The van der Waals surface area contributed by atoms with Gasteiger partial charge in [-0.2, -0.15) is 0 Å². The number of benzene rings is 2. The van der Waals surface area contributed by atoms with E-state index in [1.54, 1.807) is 0 Å². The van der Waals surface area contributed by atoms with Crippen molar-refractivity contribution in [3.63, 3.8) is 0 Å². The maximum absolute atomic E-state index is 5.72. The largest absolute Gasteiger partial charge is 0.374 e. The van der Waals surface area contributed by atoms with Gasteiger partial charge in [-0.15, -0.1) is 10.2 Å². The number of hydrogen-bond donors (Lipinski definition) is 1. The molecule has 0 saturated carbocycles. The van der Waals surface area contributed by atoms with Crippen LogP contribution in [0.1, 0.15) is 11.1 Å². The zero-order valence-corrected chi connectivity index (χ0v) is 12.3. The van der Waals surface area contributed by atoms with Crippen molar-refractivity contribution in [1.29, 1.82) is 0 Å². The smallest absolute Gasteiger partial charge is 0.210 e. The fourth-order valence-electron chi connectivity index (χ4n) is 2.15. The van der Waals surface area contributed by atoms with Crippen LogP contribution in [-0.2, 0) is 13.1 Å². The summed E-state index contributed by atoms with van der Waals surface area (Å²) in [6, 6.07) is 20.7. The Kier molecular flexibility index (Phi) is 4.12. The van der Waals surface area contributed by atoms with Crippen LogP contribution in [0.4, 0.5) is 10.3 Å². The highest BCUT2D eigenvalue weighted by atomic mass is 32.1. The number of nitrogens with zero attached hydrogens (tertiary/aromatic N) is 3. The zero-order chi connectivity index (χ0) is 14.5. The Labute approximate surface area is 127 Å². The molecule has 0 amide bonds. The lowest BCUT2D eigenvalue weighted by Crippen LogP contribution is -2.21. The molecule has 0 bridgehead atoms. The molecule has 1 heterocycles. The van der Waals surface area contributed by atoms with Gasteiger partial charge in [0.25, 0.3) is 0 Å². The Balaban J connectivity index is 1.84. The van der Waals surface area contributed by atoms with Crippen molar-refractivity contribution >= 4 is 21.6 Å². The molecule has 0 atom stereocenters. The molecule has 3 aromatic rings. The molecule has 0 spiro atoms. The second-order valence-electron chi connectivity index (χ2n) is 4.75. The minimum atomic E-state index is 0.496. The lowest BCUT2D eigenvalue weighted by Gasteiger charge is -2.21. The SMILES string of the molecule is Nc1nnc(N(Cc2ccccc2)Cc2ccccc2)s1. The van der Waals surface area contributed by atoms with Crippen molar-refractivity contribution in [2.45, 2.75) is 13.1 Å². The van der Waals surface area contributed by atoms with E-state index in [-0.39, 0.29) is 0 Å². The highest BCUT2D eigenvalue weighted by molar-refractivity contribution is 7.18. The lowest BCUT2D eigenvalue weighted by molar-refractivity contribution is 0.786. The van der Waals surface area contributed by atoms with Gasteiger partial charge in [0.2, 0.25) is 10.3 Å². The highest BCUT2D eigenvalue weighted by Crippen LogP contribution is 2.25. The summed E-state index contributed by atoms with van der Waals surface area (Å²) in [7, 11) is 0. The zero-order valence-electron chi connectivity index (χ0n) is 11.5. The van der Waals surface area contributed by atoms with Crippen LogP contribution in [0.15, 0.2) is 60.7 Å². The van der Waals surface area contributed by atoms with E-state index in [1.165, 1.54) is 22.5 Å². The monoisotopic (exact) mass is 296 g/mol. The van der Waals surface area contributed by atoms with E-state index >= 15 is 0 Å². The van der Waals surface area contributed by atoms with E-state index < -0.39 is 0 Å². The van der Waals surface area contributed by atoms with Gasteiger partial charge in [-0.05, 0) is 11.1 Å². The number of nitrogen functional groups attached to an aromatic ring is 1. The van der Waals surface area contributed by atoms with Gasteiger partial charge >= 0.3 is 0 Å². The third-order valence-corrected chi connectivity index (χ3v) is 3.95. The van der Waals surface area contributed by atoms with Gasteiger partial charge in [0.05, 0.1) is 0 Å². The molecule has 2 aromatic carbocycles. The number of aromatic nitrogens is 2. The summed E-state index contributed by atoms with van der Waals surface area (Å²) in [5, 5.41) is 9.45. The molecule has 0 aliphatic carbocycles. The second-order valence-corrected chi connectivity index (χ2v) is 5.74. The van der Waals surface area contributed by atoms with Gasteiger partial charge in [-0.1, -0.05) is 72.0 Å². The third kappa shape index (κ3) is 3.58. The molecule has 3 rings (SSSR count). The Morgan fingerprint density at radius 3 is 1.76 bits per heavy atom. The van der Waals surface area contributed by atoms with Crippen molar-refractivity contribution in [3.05, 3.63) is 71.8 Å². The van der Waals surface area contributed by atoms with Crippen molar-refractivity contribution in [2.75, 3.05) is 10.6 Å². The van der Waals surface area contributed by atoms with E-state index in [1.807, 2.05) is 36.4 Å². The molecule has 4 nitrogen and oxygen atoms in total. The summed E-state index contributed by atoms with van der Waals surface area (Å²) in [6.07, 6.45) is 0. The van der Waals surface area contributed by atoms with Crippen LogP contribution in [0.25, 0.3) is 0 Å². The minimum Gasteiger partial charge on any atom is -0.374 e. The summed E-state index contributed by atoms with van der Waals surface area (Å²) >= 11 is 1.42. The first-order valence-corrected chi connectivity index (χ1v) is 7.55. The quantitative estimate of drug-likeness (QED) is 0.784. The number of hydrogen-bond acceptors (Lipinski definition) is 5. The molecule has 0 fully saturated rings. The van der Waals surface area contributed by atoms with Gasteiger partial charge in [-0.25, -0.2) is 0 Å². The molecule has 21 heavy (non-hydrogen) atoms. The average Bonchev–Trinajstić information content (AvgIpc) is 2.95. The average molecular weight is 296 g/mol. The second kappa shape index (κ2) is 6.37. The normalized spacial score (nSPS) is 10.5. The van der Waals surface area contributed by atoms with Crippen LogP contribution < -0.4 is 10.6 Å². The fourth-order valence-corrected chi connectivity index (χ4v) is 2.76. The molecular formula is C16H16N4S. The van der Waals surface area contributed by atoms with Gasteiger partial charge in [0, 0.05) is 13.1 Å². The maximum atomic E-state index is 5.72. The summed E-state index contributed by atoms with van der Waals surface area (Å²) < 4.78 is 0. The highest BCUT2D eigenvalue weighted by Gasteiger charge is 2.13. The minimum absolute atomic E-state index is 0.496. The van der Waals surface area contributed by atoms with Gasteiger partial charge < -0.3 is 10.6 Å². The van der Waals surface area contributed by atoms with E-state index in [0.717, 1.165) is 18.2 Å². The van der Waals surface area contributed by atoms with Crippen LogP contribution >= 0.6 is 11.3 Å². The molecule has 0 radical (unpaired) electrons. The molecule has 0 saturated heterocycles. The number of rotatable bonds is 5. The molecule has 0 aliphatic heterocycles. The maximum Gasteiger partial charge on any atom is 0.210 e. The Morgan fingerprint density at radius 2 is 1.33 bits per heavy atom. The van der Waals surface area contributed by atoms with Crippen LogP contribution in [0.5, 0.6) is 0 Å². The van der Waals surface area contributed by atoms with E-state index in [4.69, 9.17) is 5.73 Å². The Morgan fingerprint density at radius 1 is 0.810 bits per heavy atom. The van der Waals surface area contributed by atoms with E-state index in [9.17, 15) is 0 Å². The topological polar surface area (TPSA) is 55.0 Å². The summed E-state index contributed by atoms with van der Waals surface area (Å²) in [6.45, 7) is 1.56. The summed E-state index contributed by atoms with van der Waals surface area (Å²) in [4.78, 5) is 2.19. The van der Waals surface area contributed by atoms with Gasteiger partial charge in [0.15, 0.2) is 0 Å². The molecule has 1 aromatic heterocycles. The van der Waals surface area contributed by atoms with E-state index in [0.29, 0.717) is 5.13 Å². The molecule has 106 valence electrons. The summed E-state index contributed by atoms with van der Waals surface area (Å²) in [5.41, 5.74) is 8.20. The predicted octanol–water partition coefficient (Wildman–Crippen LogP) is 3.33.